The summed E-state index contributed by atoms with van der Waals surface area (Å²) in [5, 5.41) is 10.7. The van der Waals surface area contributed by atoms with Crippen LogP contribution in [0.1, 0.15) is 21.7 Å². The van der Waals surface area contributed by atoms with E-state index in [2.05, 4.69) is 20.5 Å². The van der Waals surface area contributed by atoms with Crippen LogP contribution < -0.4 is 5.32 Å². The molecule has 0 saturated carbocycles. The van der Waals surface area contributed by atoms with Crippen LogP contribution in [0.2, 0.25) is 0 Å². The summed E-state index contributed by atoms with van der Waals surface area (Å²) in [7, 11) is 0. The van der Waals surface area contributed by atoms with Crippen LogP contribution in [0.3, 0.4) is 0 Å². The van der Waals surface area contributed by atoms with Crippen molar-refractivity contribution in [2.45, 2.75) is 13.8 Å². The van der Waals surface area contributed by atoms with E-state index >= 15 is 0 Å². The van der Waals surface area contributed by atoms with Crippen LogP contribution in [0.5, 0.6) is 0 Å². The quantitative estimate of drug-likeness (QED) is 0.749. The van der Waals surface area contributed by atoms with E-state index in [1.165, 1.54) is 0 Å². The first-order valence-electron chi connectivity index (χ1n) is 6.34. The molecule has 1 aromatic carbocycles. The van der Waals surface area contributed by atoms with Crippen molar-refractivity contribution in [3.63, 3.8) is 0 Å². The smallest absolute Gasteiger partial charge is 0.258 e. The Labute approximate surface area is 116 Å². The van der Waals surface area contributed by atoms with E-state index in [4.69, 9.17) is 0 Å². The van der Waals surface area contributed by atoms with Crippen molar-refractivity contribution in [2.24, 2.45) is 0 Å². The van der Waals surface area contributed by atoms with Crippen LogP contribution in [0.25, 0.3) is 10.9 Å². The van der Waals surface area contributed by atoms with Crippen LogP contribution in [0, 0.1) is 13.8 Å². The Morgan fingerprint density at radius 2 is 1.95 bits per heavy atom. The number of hydrogen-bond acceptors (Lipinski definition) is 3. The van der Waals surface area contributed by atoms with Gasteiger partial charge in [-0.15, -0.1) is 0 Å². The molecule has 1 amide bonds. The Bertz CT molecular complexity index is 791. The predicted octanol–water partition coefficient (Wildman–Crippen LogP) is 2.83. The van der Waals surface area contributed by atoms with Gasteiger partial charge in [-0.2, -0.15) is 5.10 Å². The number of rotatable bonds is 2. The Hall–Kier alpha value is -2.69. The summed E-state index contributed by atoms with van der Waals surface area (Å²) in [5.41, 5.74) is 3.05. The molecule has 0 fully saturated rings. The molecule has 0 unspecified atom stereocenters. The largest absolute Gasteiger partial charge is 0.305 e. The number of aryl methyl sites for hydroxylation is 2. The molecular weight excluding hydrogens is 252 g/mol. The number of aromatic nitrogens is 3. The minimum absolute atomic E-state index is 0.202. The number of pyridine rings is 1. The molecule has 0 aliphatic rings. The van der Waals surface area contributed by atoms with E-state index < -0.39 is 0 Å². The minimum atomic E-state index is -0.202. The maximum Gasteiger partial charge on any atom is 0.258 e. The van der Waals surface area contributed by atoms with Crippen molar-refractivity contribution < 1.29 is 4.79 Å². The second-order valence-electron chi connectivity index (χ2n) is 4.66. The number of amides is 1. The zero-order chi connectivity index (χ0) is 14.1. The Kier molecular flexibility index (Phi) is 2.95. The Balaban J connectivity index is 1.92. The maximum atomic E-state index is 12.3. The lowest BCUT2D eigenvalue weighted by molar-refractivity contribution is 0.102. The first-order chi connectivity index (χ1) is 9.65. The van der Waals surface area contributed by atoms with Crippen molar-refractivity contribution in [2.75, 3.05) is 5.32 Å². The number of hydrogen-bond donors (Lipinski definition) is 2. The van der Waals surface area contributed by atoms with E-state index in [1.807, 2.05) is 44.2 Å². The molecular formula is C15H14N4O. The van der Waals surface area contributed by atoms with Gasteiger partial charge in [-0.05, 0) is 38.1 Å². The lowest BCUT2D eigenvalue weighted by Gasteiger charge is -2.06. The average molecular weight is 266 g/mol. The van der Waals surface area contributed by atoms with Gasteiger partial charge in [-0.25, -0.2) is 0 Å². The first-order valence-corrected chi connectivity index (χ1v) is 6.34. The van der Waals surface area contributed by atoms with Crippen LogP contribution in [-0.2, 0) is 0 Å². The summed E-state index contributed by atoms with van der Waals surface area (Å²) in [4.78, 5) is 16.6. The number of nitrogens with one attached hydrogen (secondary N) is 2. The number of benzene rings is 1. The summed E-state index contributed by atoms with van der Waals surface area (Å²) in [6.45, 7) is 3.72. The third-order valence-corrected chi connectivity index (χ3v) is 3.17. The van der Waals surface area contributed by atoms with Crippen LogP contribution in [0.4, 0.5) is 5.82 Å². The van der Waals surface area contributed by atoms with E-state index in [-0.39, 0.29) is 5.91 Å². The number of anilines is 1. The van der Waals surface area contributed by atoms with Gasteiger partial charge >= 0.3 is 0 Å². The van der Waals surface area contributed by atoms with Crippen molar-refractivity contribution >= 4 is 22.6 Å². The topological polar surface area (TPSA) is 70.7 Å². The van der Waals surface area contributed by atoms with Crippen LogP contribution in [-0.4, -0.2) is 21.1 Å². The normalized spacial score (nSPS) is 10.7. The number of nitrogens with zero attached hydrogens (tertiary/aromatic N) is 2. The molecule has 0 bridgehead atoms. The summed E-state index contributed by atoms with van der Waals surface area (Å²) < 4.78 is 0. The highest BCUT2D eigenvalue weighted by Gasteiger charge is 2.13. The van der Waals surface area contributed by atoms with Gasteiger partial charge in [0, 0.05) is 11.1 Å². The highest BCUT2D eigenvalue weighted by atomic mass is 16.1. The fourth-order valence-electron chi connectivity index (χ4n) is 2.16. The second-order valence-corrected chi connectivity index (χ2v) is 4.66. The van der Waals surface area contributed by atoms with Gasteiger partial charge in [0.2, 0.25) is 0 Å². The van der Waals surface area contributed by atoms with E-state index in [9.17, 15) is 4.79 Å². The molecule has 0 radical (unpaired) electrons. The van der Waals surface area contributed by atoms with Gasteiger partial charge in [-0.3, -0.25) is 14.9 Å². The van der Waals surface area contributed by atoms with Crippen molar-refractivity contribution in [3.8, 4) is 0 Å². The number of fused-ring (bicyclic) bond motifs is 1. The Morgan fingerprint density at radius 1 is 1.15 bits per heavy atom. The third kappa shape index (κ3) is 2.14. The number of H-pyrrole nitrogens is 1. The standard InChI is InChI=1S/C15H14N4O/c1-9-7-8-11(10(2)16-9)15(20)17-14-12-5-3-4-6-13(12)18-19-14/h3-8H,1-2H3,(H2,17,18,19,20). The highest BCUT2D eigenvalue weighted by molar-refractivity contribution is 6.08. The average Bonchev–Trinajstić information content (AvgIpc) is 2.82. The molecule has 2 aromatic heterocycles. The van der Waals surface area contributed by atoms with Gasteiger partial charge in [0.1, 0.15) is 0 Å². The first kappa shape index (κ1) is 12.3. The summed E-state index contributed by atoms with van der Waals surface area (Å²) in [5.74, 6) is 0.331. The maximum absolute atomic E-state index is 12.3. The summed E-state index contributed by atoms with van der Waals surface area (Å²) >= 11 is 0. The zero-order valence-electron chi connectivity index (χ0n) is 11.3. The van der Waals surface area contributed by atoms with E-state index in [0.717, 1.165) is 16.6 Å². The zero-order valence-corrected chi connectivity index (χ0v) is 11.3. The summed E-state index contributed by atoms with van der Waals surface area (Å²) in [6.07, 6.45) is 0. The van der Waals surface area contributed by atoms with E-state index in [1.54, 1.807) is 6.07 Å². The molecule has 100 valence electrons. The van der Waals surface area contributed by atoms with Crippen molar-refractivity contribution in [1.82, 2.24) is 15.2 Å². The summed E-state index contributed by atoms with van der Waals surface area (Å²) in [6, 6.07) is 11.3. The number of carbonyl (C=O) groups is 1. The molecule has 5 heteroatoms. The fourth-order valence-corrected chi connectivity index (χ4v) is 2.16. The molecule has 0 aliphatic heterocycles. The molecule has 5 nitrogen and oxygen atoms in total. The molecule has 3 rings (SSSR count). The molecule has 0 saturated heterocycles. The number of aromatic amines is 1. The lowest BCUT2D eigenvalue weighted by Crippen LogP contribution is -2.14. The van der Waals surface area contributed by atoms with Crippen LogP contribution >= 0.6 is 0 Å². The fraction of sp³-hybridized carbons (Fsp3) is 0.133. The monoisotopic (exact) mass is 266 g/mol. The molecule has 3 aromatic rings. The lowest BCUT2D eigenvalue weighted by atomic mass is 10.1. The van der Waals surface area contributed by atoms with E-state index in [0.29, 0.717) is 17.1 Å². The van der Waals surface area contributed by atoms with Crippen molar-refractivity contribution in [3.05, 3.63) is 53.3 Å². The van der Waals surface area contributed by atoms with Gasteiger partial charge in [0.05, 0.1) is 16.8 Å². The SMILES string of the molecule is Cc1ccc(C(=O)Nc2n[nH]c3ccccc23)c(C)n1. The van der Waals surface area contributed by atoms with Crippen molar-refractivity contribution in [1.29, 1.82) is 0 Å². The molecule has 0 atom stereocenters. The number of carbonyl (C=O) groups excluding carboxylic acids is 1. The minimum Gasteiger partial charge on any atom is -0.305 e. The molecule has 0 aliphatic carbocycles. The third-order valence-electron chi connectivity index (χ3n) is 3.17. The second kappa shape index (κ2) is 4.77. The molecule has 2 heterocycles. The van der Waals surface area contributed by atoms with Crippen LogP contribution in [0.15, 0.2) is 36.4 Å². The number of para-hydroxylation sites is 1. The van der Waals surface area contributed by atoms with Gasteiger partial charge in [0.15, 0.2) is 5.82 Å². The molecule has 20 heavy (non-hydrogen) atoms. The van der Waals surface area contributed by atoms with Gasteiger partial charge < -0.3 is 5.32 Å². The predicted molar refractivity (Wildman–Crippen MR) is 77.8 cm³/mol. The Morgan fingerprint density at radius 3 is 2.75 bits per heavy atom. The van der Waals surface area contributed by atoms with Gasteiger partial charge in [-0.1, -0.05) is 12.1 Å². The molecule has 0 spiro atoms. The highest BCUT2D eigenvalue weighted by Crippen LogP contribution is 2.20. The molecule has 2 N–H and O–H groups in total. The van der Waals surface area contributed by atoms with Gasteiger partial charge in [0.25, 0.3) is 5.91 Å².